The summed E-state index contributed by atoms with van der Waals surface area (Å²) < 4.78 is 75.8. The van der Waals surface area contributed by atoms with Gasteiger partial charge < -0.3 is 11.1 Å². The van der Waals surface area contributed by atoms with Crippen molar-refractivity contribution in [3.05, 3.63) is 34.9 Å². The van der Waals surface area contributed by atoms with Gasteiger partial charge in [0.2, 0.25) is 0 Å². The lowest BCUT2D eigenvalue weighted by molar-refractivity contribution is -0.162. The van der Waals surface area contributed by atoms with E-state index in [1.165, 1.54) is 0 Å². The van der Waals surface area contributed by atoms with Crippen LogP contribution in [-0.4, -0.2) is 6.03 Å². The van der Waals surface area contributed by atoms with Crippen molar-refractivity contribution in [2.75, 3.05) is 0 Å². The fraction of sp³-hybridized carbons (Fsp3) is 0.300. The third-order valence-corrected chi connectivity index (χ3v) is 2.19. The van der Waals surface area contributed by atoms with Crippen LogP contribution in [0.5, 0.6) is 0 Å². The van der Waals surface area contributed by atoms with E-state index in [1.807, 2.05) is 5.32 Å². The maximum Gasteiger partial charge on any atom is 0.417 e. The molecule has 0 unspecified atom stereocenters. The number of amides is 2. The smallest absolute Gasteiger partial charge is 0.352 e. The standard InChI is InChI=1S/C10H8F6N2O/c11-9(12,13)6-3-1-2-5(4-18-8(17)19)7(6)10(14,15)16/h1-3H,4H2,(H3,17,18,19). The highest BCUT2D eigenvalue weighted by atomic mass is 19.4. The lowest BCUT2D eigenvalue weighted by Gasteiger charge is -2.19. The molecule has 2 amide bonds. The molecule has 3 nitrogen and oxygen atoms in total. The van der Waals surface area contributed by atoms with Crippen LogP contribution < -0.4 is 11.1 Å². The lowest BCUT2D eigenvalue weighted by Crippen LogP contribution is -2.30. The van der Waals surface area contributed by atoms with E-state index in [9.17, 15) is 31.1 Å². The predicted octanol–water partition coefficient (Wildman–Crippen LogP) is 2.89. The summed E-state index contributed by atoms with van der Waals surface area (Å²) in [6, 6.07) is 0.867. The summed E-state index contributed by atoms with van der Waals surface area (Å²) in [6.45, 7) is -0.742. The molecule has 0 saturated carbocycles. The van der Waals surface area contributed by atoms with Crippen molar-refractivity contribution < 1.29 is 31.1 Å². The van der Waals surface area contributed by atoms with Crippen LogP contribution >= 0.6 is 0 Å². The maximum absolute atomic E-state index is 12.7. The number of hydrogen-bond acceptors (Lipinski definition) is 1. The van der Waals surface area contributed by atoms with Crippen LogP contribution in [0, 0.1) is 0 Å². The van der Waals surface area contributed by atoms with Gasteiger partial charge in [0, 0.05) is 6.54 Å². The lowest BCUT2D eigenvalue weighted by atomic mass is 10.00. The molecule has 19 heavy (non-hydrogen) atoms. The van der Waals surface area contributed by atoms with E-state index in [4.69, 9.17) is 0 Å². The molecule has 0 aliphatic rings. The molecule has 0 spiro atoms. The van der Waals surface area contributed by atoms with E-state index in [0.29, 0.717) is 6.07 Å². The zero-order chi connectivity index (χ0) is 14.8. The normalized spacial score (nSPS) is 12.3. The predicted molar refractivity (Wildman–Crippen MR) is 52.9 cm³/mol. The zero-order valence-electron chi connectivity index (χ0n) is 9.19. The number of rotatable bonds is 2. The summed E-state index contributed by atoms with van der Waals surface area (Å²) in [4.78, 5) is 10.4. The van der Waals surface area contributed by atoms with Gasteiger partial charge in [-0.15, -0.1) is 0 Å². The summed E-state index contributed by atoms with van der Waals surface area (Å²) in [5, 5.41) is 1.82. The van der Waals surface area contributed by atoms with Crippen LogP contribution in [0.25, 0.3) is 0 Å². The Morgan fingerprint density at radius 2 is 1.68 bits per heavy atom. The van der Waals surface area contributed by atoms with E-state index in [-0.39, 0.29) is 0 Å². The Bertz CT molecular complexity index is 480. The summed E-state index contributed by atoms with van der Waals surface area (Å²) in [6.07, 6.45) is -10.3. The van der Waals surface area contributed by atoms with E-state index in [1.54, 1.807) is 0 Å². The molecule has 0 heterocycles. The Labute approximate surface area is 103 Å². The third-order valence-electron chi connectivity index (χ3n) is 2.19. The SMILES string of the molecule is NC(=O)NCc1cccc(C(F)(F)F)c1C(F)(F)F. The summed E-state index contributed by atoms with van der Waals surface area (Å²) in [5.74, 6) is 0. The first-order valence-corrected chi connectivity index (χ1v) is 4.83. The van der Waals surface area contributed by atoms with E-state index < -0.39 is 41.6 Å². The van der Waals surface area contributed by atoms with Gasteiger partial charge >= 0.3 is 18.4 Å². The molecule has 0 aliphatic carbocycles. The third kappa shape index (κ3) is 3.76. The molecule has 0 aromatic heterocycles. The summed E-state index contributed by atoms with van der Waals surface area (Å²) in [5.41, 5.74) is 0.337. The Hall–Kier alpha value is -1.93. The monoisotopic (exact) mass is 286 g/mol. The first-order chi connectivity index (χ1) is 8.53. The van der Waals surface area contributed by atoms with Crippen LogP contribution in [-0.2, 0) is 18.9 Å². The second-order valence-electron chi connectivity index (χ2n) is 3.55. The largest absolute Gasteiger partial charge is 0.417 e. The summed E-state index contributed by atoms with van der Waals surface area (Å²) in [7, 11) is 0. The Morgan fingerprint density at radius 1 is 1.11 bits per heavy atom. The average Bonchev–Trinajstić information content (AvgIpc) is 2.23. The van der Waals surface area contributed by atoms with Gasteiger partial charge in [0.15, 0.2) is 0 Å². The molecule has 0 bridgehead atoms. The van der Waals surface area contributed by atoms with Crippen molar-refractivity contribution in [2.24, 2.45) is 5.73 Å². The molecule has 0 fully saturated rings. The Kier molecular flexibility index (Phi) is 3.97. The number of carbonyl (C=O) groups is 1. The van der Waals surface area contributed by atoms with Gasteiger partial charge in [-0.1, -0.05) is 12.1 Å². The molecule has 1 aromatic rings. The van der Waals surface area contributed by atoms with Crippen LogP contribution in [0.1, 0.15) is 16.7 Å². The molecule has 0 atom stereocenters. The highest BCUT2D eigenvalue weighted by Gasteiger charge is 2.44. The van der Waals surface area contributed by atoms with Crippen molar-refractivity contribution in [1.82, 2.24) is 5.32 Å². The number of primary amides is 1. The fourth-order valence-corrected chi connectivity index (χ4v) is 1.50. The van der Waals surface area contributed by atoms with Crippen LogP contribution in [0.3, 0.4) is 0 Å². The highest BCUT2D eigenvalue weighted by molar-refractivity contribution is 5.71. The van der Waals surface area contributed by atoms with Gasteiger partial charge in [-0.3, -0.25) is 0 Å². The number of halogens is 6. The fourth-order valence-electron chi connectivity index (χ4n) is 1.50. The number of nitrogens with two attached hydrogens (primary N) is 1. The first-order valence-electron chi connectivity index (χ1n) is 4.83. The van der Waals surface area contributed by atoms with Crippen LogP contribution in [0.15, 0.2) is 18.2 Å². The molecular weight excluding hydrogens is 278 g/mol. The van der Waals surface area contributed by atoms with E-state index >= 15 is 0 Å². The maximum atomic E-state index is 12.7. The second kappa shape index (κ2) is 4.98. The number of nitrogens with one attached hydrogen (secondary N) is 1. The second-order valence-corrected chi connectivity index (χ2v) is 3.55. The van der Waals surface area contributed by atoms with Gasteiger partial charge in [0.1, 0.15) is 0 Å². The molecule has 0 saturated heterocycles. The molecular formula is C10H8F6N2O. The van der Waals surface area contributed by atoms with Crippen molar-refractivity contribution in [3.8, 4) is 0 Å². The number of benzene rings is 1. The minimum Gasteiger partial charge on any atom is -0.352 e. The minimum atomic E-state index is -5.19. The Balaban J connectivity index is 3.35. The average molecular weight is 286 g/mol. The molecule has 106 valence electrons. The number of hydrogen-bond donors (Lipinski definition) is 2. The van der Waals surface area contributed by atoms with Crippen molar-refractivity contribution in [3.63, 3.8) is 0 Å². The molecule has 3 N–H and O–H groups in total. The van der Waals surface area contributed by atoms with Crippen LogP contribution in [0.2, 0.25) is 0 Å². The van der Waals surface area contributed by atoms with Gasteiger partial charge in [0.05, 0.1) is 11.1 Å². The van der Waals surface area contributed by atoms with Crippen molar-refractivity contribution >= 4 is 6.03 Å². The molecule has 1 aromatic carbocycles. The Morgan fingerprint density at radius 3 is 2.11 bits per heavy atom. The minimum absolute atomic E-state index is 0.330. The van der Waals surface area contributed by atoms with E-state index in [2.05, 4.69) is 5.73 Å². The van der Waals surface area contributed by atoms with E-state index in [0.717, 1.165) is 12.1 Å². The highest BCUT2D eigenvalue weighted by Crippen LogP contribution is 2.41. The first kappa shape index (κ1) is 15.1. The van der Waals surface area contributed by atoms with Gasteiger partial charge in [0.25, 0.3) is 0 Å². The van der Waals surface area contributed by atoms with Crippen molar-refractivity contribution in [2.45, 2.75) is 18.9 Å². The number of urea groups is 1. The number of carbonyl (C=O) groups excluding carboxylic acids is 1. The zero-order valence-corrected chi connectivity index (χ0v) is 9.19. The molecule has 0 aliphatic heterocycles. The van der Waals surface area contributed by atoms with Gasteiger partial charge in [-0.25, -0.2) is 4.79 Å². The van der Waals surface area contributed by atoms with Crippen LogP contribution in [0.4, 0.5) is 31.1 Å². The van der Waals surface area contributed by atoms with Gasteiger partial charge in [-0.05, 0) is 11.6 Å². The summed E-state index contributed by atoms with van der Waals surface area (Å²) >= 11 is 0. The molecule has 0 radical (unpaired) electrons. The van der Waals surface area contributed by atoms with Crippen molar-refractivity contribution in [1.29, 1.82) is 0 Å². The quantitative estimate of drug-likeness (QED) is 0.807. The topological polar surface area (TPSA) is 55.1 Å². The molecule has 9 heteroatoms. The van der Waals surface area contributed by atoms with Gasteiger partial charge in [-0.2, -0.15) is 26.3 Å². The molecule has 1 rings (SSSR count). The number of alkyl halides is 6.